The molecule has 5 aliphatic heterocycles. The van der Waals surface area contributed by atoms with E-state index in [9.17, 15) is 14.7 Å². The summed E-state index contributed by atoms with van der Waals surface area (Å²) in [4.78, 5) is 38.9. The number of epoxide rings is 1. The molecule has 0 aliphatic carbocycles. The number of nitrogens with zero attached hydrogens (tertiary/aromatic N) is 5. The molecule has 8 aromatic rings. The largest absolute Gasteiger partial charge is 0.493 e. The number of carbonyl (C=O) groups is 2. The summed E-state index contributed by atoms with van der Waals surface area (Å²) in [6.45, 7) is 8.00. The van der Waals surface area contributed by atoms with Gasteiger partial charge in [0.25, 0.3) is 0 Å². The second-order valence-electron chi connectivity index (χ2n) is 23.7. The van der Waals surface area contributed by atoms with Crippen molar-refractivity contribution in [2.75, 3.05) is 108 Å². The van der Waals surface area contributed by atoms with Crippen LogP contribution in [0.2, 0.25) is 0 Å². The molecule has 4 atom stereocenters. The van der Waals surface area contributed by atoms with Crippen LogP contribution in [0.1, 0.15) is 79.9 Å². The van der Waals surface area contributed by atoms with Crippen molar-refractivity contribution in [1.29, 1.82) is 0 Å². The number of methoxy groups -OCH3 is 6. The van der Waals surface area contributed by atoms with E-state index in [1.165, 1.54) is 38.9 Å². The summed E-state index contributed by atoms with van der Waals surface area (Å²) >= 11 is 0. The molecule has 2 amide bonds. The Morgan fingerprint density at radius 3 is 1.25 bits per heavy atom. The fourth-order valence-corrected chi connectivity index (χ4v) is 13.6. The highest BCUT2D eigenvalue weighted by atomic mass is 16.6. The maximum absolute atomic E-state index is 14.5. The van der Waals surface area contributed by atoms with E-state index < -0.39 is 12.1 Å². The number of fused-ring (bicyclic) bond motifs is 2. The van der Waals surface area contributed by atoms with Crippen molar-refractivity contribution in [1.82, 2.24) is 29.8 Å². The molecule has 5 heterocycles. The Morgan fingerprint density at radius 2 is 0.848 bits per heavy atom. The van der Waals surface area contributed by atoms with E-state index in [4.69, 9.17) is 33.2 Å². The topological polar surface area (TPSA) is 151 Å². The monoisotopic (exact) mass is 1240 g/mol. The Balaban J connectivity index is 0.000000161. The fraction of sp³-hybridized carbons (Fsp3) is 0.342. The Labute approximate surface area is 541 Å². The molecule has 2 N–H and O–H groups in total. The first kappa shape index (κ1) is 64.8. The minimum Gasteiger partial charge on any atom is -0.493 e. The lowest BCUT2D eigenvalue weighted by molar-refractivity contribution is -0.141. The zero-order valence-corrected chi connectivity index (χ0v) is 53.7. The third-order valence-electron chi connectivity index (χ3n) is 18.4. The molecule has 5 aliphatic rings. The van der Waals surface area contributed by atoms with Gasteiger partial charge in [-0.25, -0.2) is 0 Å². The summed E-state index contributed by atoms with van der Waals surface area (Å²) in [6.07, 6.45) is 1.54. The summed E-state index contributed by atoms with van der Waals surface area (Å²) in [6, 6.07) is 66.2. The van der Waals surface area contributed by atoms with Gasteiger partial charge >= 0.3 is 0 Å². The van der Waals surface area contributed by atoms with E-state index in [0.717, 1.165) is 75.5 Å². The molecule has 480 valence electrons. The first-order chi connectivity index (χ1) is 45.1. The van der Waals surface area contributed by atoms with Gasteiger partial charge in [-0.1, -0.05) is 170 Å². The Hall–Kier alpha value is -8.74. The molecule has 13 rings (SSSR count). The molecule has 0 bridgehead atoms. The van der Waals surface area contributed by atoms with E-state index in [1.54, 1.807) is 42.7 Å². The van der Waals surface area contributed by atoms with Crippen LogP contribution in [0, 0.1) is 0 Å². The molecular formula is C76H86N6O10. The number of nitrogens with one attached hydrogen (secondary N) is 1. The van der Waals surface area contributed by atoms with Crippen molar-refractivity contribution in [3.63, 3.8) is 0 Å². The lowest BCUT2D eigenvalue weighted by atomic mass is 9.90. The number of hydrogen-bond acceptors (Lipinski definition) is 14. The van der Waals surface area contributed by atoms with Gasteiger partial charge in [0, 0.05) is 65.4 Å². The first-order valence-electron chi connectivity index (χ1n) is 31.9. The lowest BCUT2D eigenvalue weighted by Crippen LogP contribution is -2.57. The minimum absolute atomic E-state index is 0.0935. The van der Waals surface area contributed by atoms with Crippen LogP contribution in [0.15, 0.2) is 194 Å². The van der Waals surface area contributed by atoms with Gasteiger partial charge in [-0.3, -0.25) is 24.3 Å². The molecule has 2 unspecified atom stereocenters. The average molecular weight is 1240 g/mol. The predicted molar refractivity (Wildman–Crippen MR) is 357 cm³/mol. The Kier molecular flexibility index (Phi) is 21.9. The summed E-state index contributed by atoms with van der Waals surface area (Å²) in [5.41, 5.74) is 11.9. The third kappa shape index (κ3) is 14.9. The van der Waals surface area contributed by atoms with E-state index in [1.807, 2.05) is 53.4 Å². The lowest BCUT2D eigenvalue weighted by Gasteiger charge is -2.45. The van der Waals surface area contributed by atoms with E-state index in [-0.39, 0.29) is 42.7 Å². The van der Waals surface area contributed by atoms with Crippen LogP contribution >= 0.6 is 0 Å². The second kappa shape index (κ2) is 31.1. The fourth-order valence-electron chi connectivity index (χ4n) is 13.6. The van der Waals surface area contributed by atoms with Gasteiger partial charge in [0.15, 0.2) is 23.0 Å². The molecule has 0 aromatic heterocycles. The summed E-state index contributed by atoms with van der Waals surface area (Å²) in [7, 11) is 9.54. The van der Waals surface area contributed by atoms with Gasteiger partial charge in [0.1, 0.15) is 6.10 Å². The molecule has 92 heavy (non-hydrogen) atoms. The maximum atomic E-state index is 14.5. The van der Waals surface area contributed by atoms with Gasteiger partial charge in [-0.05, 0) is 92.7 Å². The number of piperazine rings is 2. The molecule has 0 spiro atoms. The Bertz CT molecular complexity index is 3550. The summed E-state index contributed by atoms with van der Waals surface area (Å²) in [5.74, 6) is 3.80. The molecule has 3 fully saturated rings. The third-order valence-corrected chi connectivity index (χ3v) is 18.4. The molecule has 8 aromatic carbocycles. The molecule has 0 radical (unpaired) electrons. The second-order valence-corrected chi connectivity index (χ2v) is 23.7. The van der Waals surface area contributed by atoms with E-state index >= 15 is 0 Å². The number of benzene rings is 8. The zero-order chi connectivity index (χ0) is 63.9. The van der Waals surface area contributed by atoms with Crippen LogP contribution in [0.25, 0.3) is 0 Å². The standard InChI is InChI=1S/C38H43N3O5.C27H29N3O.C11H14O4/c1-44-34-23-31(24-35(45-2)37(34)46-3)33(26-42)41-25-30-17-11-10-16-29(30)22-32(41)38(43)40-20-18-39(19-21-40)36(27-12-6-4-7-13-27)28-14-8-5-9-15-28;31-27(25-19-23-13-7-8-14-24(23)20-28-25)30-17-15-29(16-18-30)26(21-9-3-1-4-10-21)22-11-5-2-6-12-22;1-12-8-4-7(10-6-15-10)5-9(13-2)11(8)14-3/h4-17,23-24,32-33,36,42H,18-22,25-26H2,1-3H3;1-14,25-26,28H,15-20H2;4-5,10H,6H2,1-3H3/t32-,33?;25-;/m00./s1. The van der Waals surface area contributed by atoms with Crippen molar-refractivity contribution in [3.05, 3.63) is 250 Å². The Morgan fingerprint density at radius 1 is 0.467 bits per heavy atom. The minimum atomic E-state index is -0.460. The van der Waals surface area contributed by atoms with Gasteiger partial charge in [0.2, 0.25) is 23.3 Å². The first-order valence-corrected chi connectivity index (χ1v) is 31.9. The quantitative estimate of drug-likeness (QED) is 0.0785. The van der Waals surface area contributed by atoms with Crippen LogP contribution in [0.3, 0.4) is 0 Å². The number of amides is 2. The molecule has 16 heteroatoms. The number of hydrogen-bond donors (Lipinski definition) is 2. The number of carbonyl (C=O) groups excluding carboxylic acids is 2. The van der Waals surface area contributed by atoms with Crippen LogP contribution in [-0.2, 0) is 40.3 Å². The van der Waals surface area contributed by atoms with Crippen LogP contribution in [0.4, 0.5) is 0 Å². The number of aliphatic hydroxyl groups is 1. The average Bonchev–Trinajstić information content (AvgIpc) is 0.889. The summed E-state index contributed by atoms with van der Waals surface area (Å²) in [5, 5.41) is 14.3. The van der Waals surface area contributed by atoms with Crippen molar-refractivity contribution in [2.45, 2.75) is 62.2 Å². The zero-order valence-electron chi connectivity index (χ0n) is 53.7. The smallest absolute Gasteiger partial charge is 0.240 e. The van der Waals surface area contributed by atoms with Gasteiger partial charge in [0.05, 0.1) is 86.1 Å². The number of rotatable bonds is 18. The van der Waals surface area contributed by atoms with Gasteiger partial charge in [-0.15, -0.1) is 0 Å². The van der Waals surface area contributed by atoms with Crippen LogP contribution in [-0.4, -0.2) is 162 Å². The predicted octanol–water partition coefficient (Wildman–Crippen LogP) is 10.5. The number of ether oxygens (including phenoxy) is 7. The van der Waals surface area contributed by atoms with E-state index in [0.29, 0.717) is 60.6 Å². The molecule has 16 nitrogen and oxygen atoms in total. The van der Waals surface area contributed by atoms with Crippen molar-refractivity contribution >= 4 is 11.8 Å². The van der Waals surface area contributed by atoms with Crippen molar-refractivity contribution < 1.29 is 47.9 Å². The highest BCUT2D eigenvalue weighted by molar-refractivity contribution is 5.83. The molecule has 0 saturated carbocycles. The SMILES string of the molecule is COc1cc(C(CO)N2Cc3ccccc3C[C@H]2C(=O)N2CCN(C(c3ccccc3)c3ccccc3)CC2)cc(OC)c1OC.COc1cc(C2CO2)cc(OC)c1OC.O=C([C@@H]1Cc2ccccc2CN1)N1CCN(C(c2ccccc2)c2ccccc2)CC1. The molecule has 3 saturated heterocycles. The van der Waals surface area contributed by atoms with Crippen molar-refractivity contribution in [3.8, 4) is 34.5 Å². The van der Waals surface area contributed by atoms with Crippen molar-refractivity contribution in [2.24, 2.45) is 0 Å². The van der Waals surface area contributed by atoms with Gasteiger partial charge in [-0.2, -0.15) is 0 Å². The normalized spacial score (nSPS) is 18.4. The van der Waals surface area contributed by atoms with Crippen LogP contribution in [0.5, 0.6) is 34.5 Å². The van der Waals surface area contributed by atoms with Crippen LogP contribution < -0.4 is 33.7 Å². The maximum Gasteiger partial charge on any atom is 0.240 e. The highest BCUT2D eigenvalue weighted by Gasteiger charge is 2.41. The summed E-state index contributed by atoms with van der Waals surface area (Å²) < 4.78 is 37.7. The number of aliphatic hydroxyl groups excluding tert-OH is 1. The van der Waals surface area contributed by atoms with E-state index in [2.05, 4.69) is 171 Å². The molecular weight excluding hydrogens is 1160 g/mol. The van der Waals surface area contributed by atoms with Gasteiger partial charge < -0.3 is 53.4 Å². The highest BCUT2D eigenvalue weighted by Crippen LogP contribution is 2.44.